The molecular formula is C20H29NO3. The van der Waals surface area contributed by atoms with Gasteiger partial charge in [0.1, 0.15) is 11.4 Å². The first kappa shape index (κ1) is 16.4. The Kier molecular flexibility index (Phi) is 3.90. The molecule has 4 heteroatoms. The van der Waals surface area contributed by atoms with Gasteiger partial charge in [-0.05, 0) is 56.7 Å². The van der Waals surface area contributed by atoms with Crippen LogP contribution < -0.4 is 4.74 Å². The number of rotatable bonds is 3. The second-order valence-electron chi connectivity index (χ2n) is 8.41. The first-order valence-electron chi connectivity index (χ1n) is 9.19. The van der Waals surface area contributed by atoms with Gasteiger partial charge in [0.15, 0.2) is 0 Å². The van der Waals surface area contributed by atoms with E-state index in [-0.39, 0.29) is 17.3 Å². The number of fused-ring (bicyclic) bond motifs is 2. The molecule has 1 aromatic rings. The van der Waals surface area contributed by atoms with Gasteiger partial charge in [0.05, 0.1) is 11.7 Å². The topological polar surface area (TPSA) is 41.9 Å². The summed E-state index contributed by atoms with van der Waals surface area (Å²) in [6, 6.07) is 6.93. The monoisotopic (exact) mass is 331 g/mol. The van der Waals surface area contributed by atoms with E-state index >= 15 is 0 Å². The van der Waals surface area contributed by atoms with Gasteiger partial charge in [-0.25, -0.2) is 0 Å². The van der Waals surface area contributed by atoms with Crippen molar-refractivity contribution in [2.24, 2.45) is 0 Å². The van der Waals surface area contributed by atoms with Crippen LogP contribution in [-0.4, -0.2) is 47.0 Å². The standard InChI is InChI=1S/C20H29NO3/c1-19(2)12-15-10-14(4-5-17(15)24-19)13-21-9-8-20(23-3)7-6-16(22)11-18(20)21/h4-5,10,16,18,22H,6-9,11-13H2,1-3H3/t16-,18-,20+/m0/s1. The molecule has 0 unspecified atom stereocenters. The lowest BCUT2D eigenvalue weighted by Crippen LogP contribution is -2.51. The van der Waals surface area contributed by atoms with Crippen molar-refractivity contribution in [2.75, 3.05) is 13.7 Å². The molecule has 0 amide bonds. The van der Waals surface area contributed by atoms with E-state index in [2.05, 4.69) is 36.9 Å². The summed E-state index contributed by atoms with van der Waals surface area (Å²) in [6.45, 7) is 6.26. The highest BCUT2D eigenvalue weighted by atomic mass is 16.5. The van der Waals surface area contributed by atoms with Crippen LogP contribution in [-0.2, 0) is 17.7 Å². The first-order valence-corrected chi connectivity index (χ1v) is 9.19. The molecule has 0 aromatic heterocycles. The van der Waals surface area contributed by atoms with Gasteiger partial charge in [-0.2, -0.15) is 0 Å². The molecule has 1 saturated carbocycles. The van der Waals surface area contributed by atoms with Crippen molar-refractivity contribution in [3.05, 3.63) is 29.3 Å². The highest BCUT2D eigenvalue weighted by Gasteiger charge is 2.50. The van der Waals surface area contributed by atoms with Gasteiger partial charge < -0.3 is 14.6 Å². The predicted molar refractivity (Wildman–Crippen MR) is 93.3 cm³/mol. The minimum Gasteiger partial charge on any atom is -0.487 e. The Morgan fingerprint density at radius 2 is 2.17 bits per heavy atom. The van der Waals surface area contributed by atoms with E-state index in [9.17, 15) is 5.11 Å². The molecule has 1 aliphatic carbocycles. The van der Waals surface area contributed by atoms with Crippen LogP contribution in [0.25, 0.3) is 0 Å². The molecule has 1 aromatic carbocycles. The molecule has 3 aliphatic rings. The van der Waals surface area contributed by atoms with Crippen LogP contribution in [0.2, 0.25) is 0 Å². The number of ether oxygens (including phenoxy) is 2. The van der Waals surface area contributed by atoms with Gasteiger partial charge in [-0.3, -0.25) is 4.90 Å². The third-order valence-corrected chi connectivity index (χ3v) is 6.19. The molecule has 1 N–H and O–H groups in total. The van der Waals surface area contributed by atoms with Crippen LogP contribution in [0.3, 0.4) is 0 Å². The molecular weight excluding hydrogens is 302 g/mol. The van der Waals surface area contributed by atoms with Crippen molar-refractivity contribution >= 4 is 0 Å². The average molecular weight is 331 g/mol. The average Bonchev–Trinajstić information content (AvgIpc) is 3.04. The Bertz CT molecular complexity index is 629. The van der Waals surface area contributed by atoms with Gasteiger partial charge in [0.25, 0.3) is 0 Å². The molecule has 3 atom stereocenters. The zero-order chi connectivity index (χ0) is 16.9. The van der Waals surface area contributed by atoms with Crippen LogP contribution in [0.1, 0.15) is 50.7 Å². The van der Waals surface area contributed by atoms with Crippen molar-refractivity contribution in [3.8, 4) is 5.75 Å². The highest BCUT2D eigenvalue weighted by Crippen LogP contribution is 2.43. The lowest BCUT2D eigenvalue weighted by molar-refractivity contribution is -0.0879. The van der Waals surface area contributed by atoms with Gasteiger partial charge in [0, 0.05) is 32.7 Å². The van der Waals surface area contributed by atoms with Gasteiger partial charge in [0.2, 0.25) is 0 Å². The number of aliphatic hydroxyl groups is 1. The van der Waals surface area contributed by atoms with Crippen LogP contribution in [0, 0.1) is 0 Å². The summed E-state index contributed by atoms with van der Waals surface area (Å²) in [5, 5.41) is 10.1. The molecule has 2 aliphatic heterocycles. The Morgan fingerprint density at radius 3 is 2.96 bits per heavy atom. The summed E-state index contributed by atoms with van der Waals surface area (Å²) in [6.07, 6.45) is 4.52. The molecule has 4 rings (SSSR count). The molecule has 1 saturated heterocycles. The van der Waals surface area contributed by atoms with E-state index in [0.29, 0.717) is 6.04 Å². The maximum absolute atomic E-state index is 10.1. The molecule has 132 valence electrons. The molecule has 4 nitrogen and oxygen atoms in total. The molecule has 0 radical (unpaired) electrons. The van der Waals surface area contributed by atoms with E-state index in [1.165, 1.54) is 11.1 Å². The lowest BCUT2D eigenvalue weighted by atomic mass is 9.79. The van der Waals surface area contributed by atoms with E-state index < -0.39 is 0 Å². The quantitative estimate of drug-likeness (QED) is 0.925. The molecule has 0 bridgehead atoms. The zero-order valence-corrected chi connectivity index (χ0v) is 15.0. The largest absolute Gasteiger partial charge is 0.487 e. The maximum Gasteiger partial charge on any atom is 0.123 e. The third kappa shape index (κ3) is 2.75. The van der Waals surface area contributed by atoms with Crippen LogP contribution in [0.5, 0.6) is 5.75 Å². The Balaban J connectivity index is 1.52. The van der Waals surface area contributed by atoms with Crippen molar-refractivity contribution in [1.29, 1.82) is 0 Å². The van der Waals surface area contributed by atoms with E-state index in [4.69, 9.17) is 9.47 Å². The molecule has 2 fully saturated rings. The SMILES string of the molecule is CO[C@@]12CC[C@H](O)C[C@@H]1N(Cc1ccc3c(c1)CC(C)(C)O3)CC2. The normalized spacial score (nSPS) is 34.7. The minimum atomic E-state index is -0.187. The number of likely N-dealkylation sites (tertiary alicyclic amines) is 1. The van der Waals surface area contributed by atoms with Crippen molar-refractivity contribution < 1.29 is 14.6 Å². The fourth-order valence-electron chi connectivity index (χ4n) is 4.96. The van der Waals surface area contributed by atoms with Crippen LogP contribution in [0.15, 0.2) is 18.2 Å². The number of nitrogens with zero attached hydrogens (tertiary/aromatic N) is 1. The predicted octanol–water partition coefficient (Wildman–Crippen LogP) is 2.90. The fourth-order valence-corrected chi connectivity index (χ4v) is 4.96. The number of hydrogen-bond acceptors (Lipinski definition) is 4. The van der Waals surface area contributed by atoms with Crippen molar-refractivity contribution in [1.82, 2.24) is 4.90 Å². The fraction of sp³-hybridized carbons (Fsp3) is 0.700. The van der Waals surface area contributed by atoms with Gasteiger partial charge in [-0.15, -0.1) is 0 Å². The van der Waals surface area contributed by atoms with Gasteiger partial charge in [-0.1, -0.05) is 12.1 Å². The van der Waals surface area contributed by atoms with Crippen molar-refractivity contribution in [2.45, 2.75) is 75.8 Å². The Morgan fingerprint density at radius 1 is 1.33 bits per heavy atom. The number of aliphatic hydroxyl groups excluding tert-OH is 1. The zero-order valence-electron chi connectivity index (χ0n) is 15.0. The summed E-state index contributed by atoms with van der Waals surface area (Å²) >= 11 is 0. The minimum absolute atomic E-state index is 0.0545. The summed E-state index contributed by atoms with van der Waals surface area (Å²) < 4.78 is 11.9. The summed E-state index contributed by atoms with van der Waals surface area (Å²) in [5.41, 5.74) is 2.51. The second-order valence-corrected chi connectivity index (χ2v) is 8.41. The maximum atomic E-state index is 10.1. The first-order chi connectivity index (χ1) is 11.4. The lowest BCUT2D eigenvalue weighted by Gasteiger charge is -2.42. The molecule has 24 heavy (non-hydrogen) atoms. The van der Waals surface area contributed by atoms with Crippen LogP contribution >= 0.6 is 0 Å². The highest BCUT2D eigenvalue weighted by molar-refractivity contribution is 5.41. The van der Waals surface area contributed by atoms with E-state index in [0.717, 1.165) is 50.9 Å². The molecule has 2 heterocycles. The Labute approximate surface area is 144 Å². The summed E-state index contributed by atoms with van der Waals surface area (Å²) in [4.78, 5) is 2.51. The third-order valence-electron chi connectivity index (χ3n) is 6.19. The smallest absolute Gasteiger partial charge is 0.123 e. The summed E-state index contributed by atoms with van der Waals surface area (Å²) in [7, 11) is 1.84. The number of benzene rings is 1. The van der Waals surface area contributed by atoms with E-state index in [1.54, 1.807) is 0 Å². The Hall–Kier alpha value is -1.10. The molecule has 0 spiro atoms. The van der Waals surface area contributed by atoms with Gasteiger partial charge >= 0.3 is 0 Å². The number of methoxy groups -OCH3 is 1. The van der Waals surface area contributed by atoms with E-state index in [1.807, 2.05) is 7.11 Å². The summed E-state index contributed by atoms with van der Waals surface area (Å²) in [5.74, 6) is 1.03. The second kappa shape index (κ2) is 5.72. The van der Waals surface area contributed by atoms with Crippen LogP contribution in [0.4, 0.5) is 0 Å². The number of hydrogen-bond donors (Lipinski definition) is 1. The van der Waals surface area contributed by atoms with Crippen molar-refractivity contribution in [3.63, 3.8) is 0 Å².